The van der Waals surface area contributed by atoms with E-state index in [1.807, 2.05) is 31.2 Å². The maximum Gasteiger partial charge on any atom is 0.235 e. The fourth-order valence-electron chi connectivity index (χ4n) is 1.87. The molecule has 0 heterocycles. The lowest BCUT2D eigenvalue weighted by molar-refractivity contribution is -0.118. The smallest absolute Gasteiger partial charge is 0.235 e. The molecule has 104 valence electrons. The van der Waals surface area contributed by atoms with Crippen LogP contribution in [0.4, 0.5) is 5.69 Å². The zero-order chi connectivity index (χ0) is 14.3. The van der Waals surface area contributed by atoms with Crippen molar-refractivity contribution in [3.63, 3.8) is 0 Å². The number of nitrogens with one attached hydrogen (secondary N) is 1. The summed E-state index contributed by atoms with van der Waals surface area (Å²) in [4.78, 5) is 12.0. The van der Waals surface area contributed by atoms with Crippen molar-refractivity contribution in [1.29, 1.82) is 0 Å². The van der Waals surface area contributed by atoms with Crippen LogP contribution in [0.1, 0.15) is 32.3 Å². The van der Waals surface area contributed by atoms with Crippen molar-refractivity contribution in [2.24, 2.45) is 16.8 Å². The van der Waals surface area contributed by atoms with E-state index in [1.165, 1.54) is 5.56 Å². The summed E-state index contributed by atoms with van der Waals surface area (Å²) in [5.41, 5.74) is 7.44. The molecule has 0 saturated heterocycles. The second-order valence-electron chi connectivity index (χ2n) is 4.42. The lowest BCUT2D eigenvalue weighted by atomic mass is 10.0. The van der Waals surface area contributed by atoms with E-state index in [1.54, 1.807) is 0 Å². The molecule has 0 bridgehead atoms. The highest BCUT2D eigenvalue weighted by Crippen LogP contribution is 2.13. The molecule has 1 rings (SSSR count). The SMILES string of the molecule is CCCc1ccc(NC(=O)C(CC)C(N)=NO)cc1. The van der Waals surface area contributed by atoms with Gasteiger partial charge in [0, 0.05) is 5.69 Å². The molecule has 0 aliphatic carbocycles. The summed E-state index contributed by atoms with van der Waals surface area (Å²) in [5, 5.41) is 14.3. The molecule has 19 heavy (non-hydrogen) atoms. The number of carbonyl (C=O) groups is 1. The molecule has 5 heteroatoms. The lowest BCUT2D eigenvalue weighted by Gasteiger charge is -2.13. The van der Waals surface area contributed by atoms with Gasteiger partial charge in [-0.1, -0.05) is 37.6 Å². The molecule has 1 amide bonds. The van der Waals surface area contributed by atoms with Gasteiger partial charge in [0.2, 0.25) is 5.91 Å². The van der Waals surface area contributed by atoms with Crippen molar-refractivity contribution in [1.82, 2.24) is 0 Å². The minimum absolute atomic E-state index is 0.0670. The van der Waals surface area contributed by atoms with Crippen molar-refractivity contribution in [2.45, 2.75) is 33.1 Å². The quantitative estimate of drug-likeness (QED) is 0.318. The molecule has 1 aromatic carbocycles. The Balaban J connectivity index is 2.70. The van der Waals surface area contributed by atoms with E-state index in [-0.39, 0.29) is 11.7 Å². The summed E-state index contributed by atoms with van der Waals surface area (Å²) < 4.78 is 0. The number of aryl methyl sites for hydroxylation is 1. The molecule has 0 radical (unpaired) electrons. The molecule has 0 aromatic heterocycles. The van der Waals surface area contributed by atoms with Gasteiger partial charge >= 0.3 is 0 Å². The largest absolute Gasteiger partial charge is 0.409 e. The van der Waals surface area contributed by atoms with Crippen LogP contribution in [0.15, 0.2) is 29.4 Å². The number of anilines is 1. The normalized spacial score (nSPS) is 13.1. The van der Waals surface area contributed by atoms with Crippen LogP contribution in [0.3, 0.4) is 0 Å². The molecular formula is C14H21N3O2. The van der Waals surface area contributed by atoms with Crippen LogP contribution in [0.25, 0.3) is 0 Å². The van der Waals surface area contributed by atoms with Crippen LogP contribution in [0.5, 0.6) is 0 Å². The van der Waals surface area contributed by atoms with Gasteiger partial charge in [-0.15, -0.1) is 0 Å². The van der Waals surface area contributed by atoms with E-state index < -0.39 is 5.92 Å². The van der Waals surface area contributed by atoms with Gasteiger partial charge in [-0.05, 0) is 30.5 Å². The zero-order valence-electron chi connectivity index (χ0n) is 11.4. The molecule has 0 aliphatic heterocycles. The first-order chi connectivity index (χ1) is 9.12. The summed E-state index contributed by atoms with van der Waals surface area (Å²) in [6.07, 6.45) is 2.60. The number of carbonyl (C=O) groups excluding carboxylic acids is 1. The zero-order valence-corrected chi connectivity index (χ0v) is 11.4. The Morgan fingerprint density at radius 3 is 2.47 bits per heavy atom. The Morgan fingerprint density at radius 1 is 1.37 bits per heavy atom. The van der Waals surface area contributed by atoms with E-state index in [0.717, 1.165) is 12.8 Å². The van der Waals surface area contributed by atoms with Gasteiger partial charge in [0.15, 0.2) is 5.84 Å². The molecule has 0 spiro atoms. The van der Waals surface area contributed by atoms with Crippen LogP contribution in [-0.4, -0.2) is 17.0 Å². The molecule has 1 atom stereocenters. The van der Waals surface area contributed by atoms with Gasteiger partial charge in [-0.3, -0.25) is 4.79 Å². The predicted octanol–water partition coefficient (Wildman–Crippen LogP) is 2.35. The van der Waals surface area contributed by atoms with E-state index in [4.69, 9.17) is 10.9 Å². The van der Waals surface area contributed by atoms with Gasteiger partial charge in [0.1, 0.15) is 0 Å². The fraction of sp³-hybridized carbons (Fsp3) is 0.429. The predicted molar refractivity (Wildman–Crippen MR) is 76.3 cm³/mol. The maximum absolute atomic E-state index is 12.0. The lowest BCUT2D eigenvalue weighted by Crippen LogP contribution is -2.34. The molecule has 1 aromatic rings. The number of amidine groups is 1. The van der Waals surface area contributed by atoms with Gasteiger partial charge < -0.3 is 16.3 Å². The third-order valence-electron chi connectivity index (χ3n) is 2.96. The highest BCUT2D eigenvalue weighted by Gasteiger charge is 2.21. The highest BCUT2D eigenvalue weighted by atomic mass is 16.4. The second kappa shape index (κ2) is 7.41. The summed E-state index contributed by atoms with van der Waals surface area (Å²) in [7, 11) is 0. The first kappa shape index (κ1) is 15.0. The first-order valence-electron chi connectivity index (χ1n) is 6.49. The Hall–Kier alpha value is -2.04. The average molecular weight is 263 g/mol. The van der Waals surface area contributed by atoms with Gasteiger partial charge in [-0.25, -0.2) is 0 Å². The van der Waals surface area contributed by atoms with E-state index in [9.17, 15) is 4.79 Å². The Kier molecular flexibility index (Phi) is 5.85. The number of hydrogen-bond acceptors (Lipinski definition) is 3. The van der Waals surface area contributed by atoms with Gasteiger partial charge in [-0.2, -0.15) is 0 Å². The molecule has 0 saturated carbocycles. The monoisotopic (exact) mass is 263 g/mol. The van der Waals surface area contributed by atoms with Gasteiger partial charge in [0.05, 0.1) is 5.92 Å². The van der Waals surface area contributed by atoms with Crippen LogP contribution >= 0.6 is 0 Å². The number of amides is 1. The standard InChI is InChI=1S/C14H21N3O2/c1-3-5-10-6-8-11(9-7-10)16-14(18)12(4-2)13(15)17-19/h6-9,12,19H,3-5H2,1-2H3,(H2,15,17)(H,16,18). The summed E-state index contributed by atoms with van der Waals surface area (Å²) in [6.45, 7) is 3.94. The molecule has 1 unspecified atom stereocenters. The fourth-order valence-corrected chi connectivity index (χ4v) is 1.87. The number of benzene rings is 1. The van der Waals surface area contributed by atoms with E-state index in [0.29, 0.717) is 12.1 Å². The molecule has 0 fully saturated rings. The number of hydrogen-bond donors (Lipinski definition) is 3. The topological polar surface area (TPSA) is 87.7 Å². The van der Waals surface area contributed by atoms with Crippen molar-refractivity contribution in [3.05, 3.63) is 29.8 Å². The molecule has 5 nitrogen and oxygen atoms in total. The van der Waals surface area contributed by atoms with Crippen LogP contribution in [0.2, 0.25) is 0 Å². The number of nitrogens with zero attached hydrogens (tertiary/aromatic N) is 1. The molecule has 4 N–H and O–H groups in total. The molecule has 0 aliphatic rings. The number of rotatable bonds is 6. The third-order valence-corrected chi connectivity index (χ3v) is 2.96. The summed E-state index contributed by atoms with van der Waals surface area (Å²) in [5.74, 6) is -0.941. The third kappa shape index (κ3) is 4.28. The van der Waals surface area contributed by atoms with Crippen LogP contribution in [0, 0.1) is 5.92 Å². The van der Waals surface area contributed by atoms with Crippen LogP contribution < -0.4 is 11.1 Å². The highest BCUT2D eigenvalue weighted by molar-refractivity contribution is 6.07. The minimum Gasteiger partial charge on any atom is -0.409 e. The Labute approximate surface area is 113 Å². The van der Waals surface area contributed by atoms with Crippen molar-refractivity contribution in [2.75, 3.05) is 5.32 Å². The Morgan fingerprint density at radius 2 is 2.00 bits per heavy atom. The number of oxime groups is 1. The maximum atomic E-state index is 12.0. The first-order valence-corrected chi connectivity index (χ1v) is 6.49. The summed E-state index contributed by atoms with van der Waals surface area (Å²) >= 11 is 0. The average Bonchev–Trinajstić information content (AvgIpc) is 2.42. The Bertz CT molecular complexity index is 441. The molecular weight excluding hydrogens is 242 g/mol. The second-order valence-corrected chi connectivity index (χ2v) is 4.42. The number of nitrogens with two attached hydrogens (primary N) is 1. The van der Waals surface area contributed by atoms with Gasteiger partial charge in [0.25, 0.3) is 0 Å². The van der Waals surface area contributed by atoms with E-state index >= 15 is 0 Å². The van der Waals surface area contributed by atoms with E-state index in [2.05, 4.69) is 17.4 Å². The van der Waals surface area contributed by atoms with Crippen molar-refractivity contribution >= 4 is 17.4 Å². The minimum atomic E-state index is -0.611. The van der Waals surface area contributed by atoms with Crippen molar-refractivity contribution < 1.29 is 10.0 Å². The summed E-state index contributed by atoms with van der Waals surface area (Å²) in [6, 6.07) is 7.71. The van der Waals surface area contributed by atoms with Crippen LogP contribution in [-0.2, 0) is 11.2 Å². The van der Waals surface area contributed by atoms with Crippen molar-refractivity contribution in [3.8, 4) is 0 Å².